The summed E-state index contributed by atoms with van der Waals surface area (Å²) >= 11 is 0.833. The second-order valence-electron chi connectivity index (χ2n) is 6.32. The van der Waals surface area contributed by atoms with Gasteiger partial charge in [0.1, 0.15) is 0 Å². The highest BCUT2D eigenvalue weighted by atomic mass is 32.2. The van der Waals surface area contributed by atoms with Crippen LogP contribution < -0.4 is 5.32 Å². The van der Waals surface area contributed by atoms with E-state index in [4.69, 9.17) is 9.47 Å². The molecule has 0 radical (unpaired) electrons. The van der Waals surface area contributed by atoms with Crippen molar-refractivity contribution in [3.8, 4) is 0 Å². The number of aromatic nitrogens is 2. The van der Waals surface area contributed by atoms with E-state index in [1.165, 1.54) is 10.4 Å². The fourth-order valence-electron chi connectivity index (χ4n) is 2.94. The fourth-order valence-corrected chi connectivity index (χ4v) is 5.22. The van der Waals surface area contributed by atoms with E-state index in [1.807, 2.05) is 6.92 Å². The molecule has 1 fully saturated rings. The lowest BCUT2D eigenvalue weighted by molar-refractivity contribution is 0.0520. The van der Waals surface area contributed by atoms with E-state index in [2.05, 4.69) is 14.9 Å². The first kappa shape index (κ1) is 22.3. The van der Waals surface area contributed by atoms with Crippen LogP contribution in [-0.4, -0.2) is 67.1 Å². The molecule has 1 N–H and O–H groups in total. The van der Waals surface area contributed by atoms with Gasteiger partial charge >= 0.3 is 5.97 Å². The monoisotopic (exact) mass is 454 g/mol. The third-order valence-electron chi connectivity index (χ3n) is 4.48. The van der Waals surface area contributed by atoms with Crippen molar-refractivity contribution in [2.24, 2.45) is 0 Å². The van der Waals surface area contributed by atoms with Crippen molar-refractivity contribution in [1.29, 1.82) is 0 Å². The summed E-state index contributed by atoms with van der Waals surface area (Å²) in [7, 11) is -3.77. The molecule has 1 aliphatic rings. The van der Waals surface area contributed by atoms with Gasteiger partial charge in [0.25, 0.3) is 5.91 Å². The number of esters is 1. The van der Waals surface area contributed by atoms with Gasteiger partial charge in [0.05, 0.1) is 24.7 Å². The number of nitrogens with one attached hydrogen (secondary N) is 1. The molecular formula is C18H22N4O6S2. The van der Waals surface area contributed by atoms with Crippen LogP contribution in [0, 0.1) is 0 Å². The Hall–Kier alpha value is -2.41. The zero-order valence-corrected chi connectivity index (χ0v) is 18.2. The molecule has 2 aromatic rings. The second kappa shape index (κ2) is 9.60. The third kappa shape index (κ3) is 4.67. The van der Waals surface area contributed by atoms with Crippen LogP contribution in [0.3, 0.4) is 0 Å². The van der Waals surface area contributed by atoms with E-state index < -0.39 is 21.9 Å². The Morgan fingerprint density at radius 3 is 2.67 bits per heavy atom. The molecule has 0 bridgehead atoms. The summed E-state index contributed by atoms with van der Waals surface area (Å²) in [6.45, 7) is 4.84. The number of hydrogen-bond donors (Lipinski definition) is 1. The van der Waals surface area contributed by atoms with Gasteiger partial charge in [-0.25, -0.2) is 13.2 Å². The van der Waals surface area contributed by atoms with Crippen LogP contribution in [0.15, 0.2) is 23.1 Å². The predicted octanol–water partition coefficient (Wildman–Crippen LogP) is 1.55. The maximum Gasteiger partial charge on any atom is 0.362 e. The number of benzene rings is 1. The van der Waals surface area contributed by atoms with Gasteiger partial charge in [-0.1, -0.05) is 17.5 Å². The van der Waals surface area contributed by atoms with Crippen molar-refractivity contribution in [3.63, 3.8) is 0 Å². The Kier molecular flexibility index (Phi) is 7.13. The zero-order valence-electron chi connectivity index (χ0n) is 16.6. The number of carbonyl (C=O) groups excluding carboxylic acids is 2. The Balaban J connectivity index is 1.89. The first-order valence-corrected chi connectivity index (χ1v) is 11.6. The molecule has 0 spiro atoms. The molecule has 1 aliphatic heterocycles. The third-order valence-corrected chi connectivity index (χ3v) is 7.10. The highest BCUT2D eigenvalue weighted by Gasteiger charge is 2.29. The zero-order chi connectivity index (χ0) is 21.7. The molecule has 12 heteroatoms. The van der Waals surface area contributed by atoms with Crippen molar-refractivity contribution in [2.45, 2.75) is 25.2 Å². The lowest BCUT2D eigenvalue weighted by Gasteiger charge is -2.27. The first-order chi connectivity index (χ1) is 14.4. The fraction of sp³-hybridized carbons (Fsp3) is 0.444. The Bertz CT molecular complexity index is 1030. The molecule has 1 aromatic heterocycles. The van der Waals surface area contributed by atoms with E-state index in [1.54, 1.807) is 19.1 Å². The van der Waals surface area contributed by atoms with Crippen molar-refractivity contribution in [2.75, 3.05) is 38.2 Å². The van der Waals surface area contributed by atoms with Gasteiger partial charge in [-0.05, 0) is 31.0 Å². The van der Waals surface area contributed by atoms with Crippen LogP contribution in [0.25, 0.3) is 0 Å². The van der Waals surface area contributed by atoms with E-state index in [9.17, 15) is 18.0 Å². The lowest BCUT2D eigenvalue weighted by atomic mass is 10.1. The van der Waals surface area contributed by atoms with Crippen molar-refractivity contribution >= 4 is 38.4 Å². The van der Waals surface area contributed by atoms with Gasteiger partial charge in [0.15, 0.2) is 5.00 Å². The number of rotatable bonds is 7. The maximum absolute atomic E-state index is 13.1. The minimum absolute atomic E-state index is 0.0904. The normalized spacial score (nSPS) is 15.0. The Morgan fingerprint density at radius 1 is 1.27 bits per heavy atom. The number of morpholine rings is 1. The van der Waals surface area contributed by atoms with Gasteiger partial charge in [-0.2, -0.15) is 4.31 Å². The van der Waals surface area contributed by atoms with E-state index in [-0.39, 0.29) is 40.9 Å². The van der Waals surface area contributed by atoms with Crippen molar-refractivity contribution in [1.82, 2.24) is 13.9 Å². The Morgan fingerprint density at radius 2 is 2.00 bits per heavy atom. The average molecular weight is 455 g/mol. The Labute approximate surface area is 178 Å². The van der Waals surface area contributed by atoms with Crippen LogP contribution in [0.5, 0.6) is 0 Å². The first-order valence-electron chi connectivity index (χ1n) is 9.40. The number of carbonyl (C=O) groups is 2. The van der Waals surface area contributed by atoms with Crippen LogP contribution in [0.1, 0.15) is 40.3 Å². The number of amides is 1. The van der Waals surface area contributed by atoms with Gasteiger partial charge in [0, 0.05) is 30.2 Å². The average Bonchev–Trinajstić information content (AvgIpc) is 3.22. The van der Waals surface area contributed by atoms with E-state index in [0.717, 1.165) is 11.5 Å². The number of hydrogen-bond acceptors (Lipinski definition) is 9. The van der Waals surface area contributed by atoms with Gasteiger partial charge < -0.3 is 14.8 Å². The molecule has 1 amide bonds. The van der Waals surface area contributed by atoms with Crippen molar-refractivity contribution in [3.05, 3.63) is 35.0 Å². The van der Waals surface area contributed by atoms with Gasteiger partial charge in [-0.3, -0.25) is 4.79 Å². The molecular weight excluding hydrogens is 432 g/mol. The van der Waals surface area contributed by atoms with Crippen LogP contribution in [0.4, 0.5) is 5.00 Å². The SMILES string of the molecule is CCOC(=O)c1nnsc1NC(=O)c1ccc(CC)c(S(=O)(=O)N2CCOCC2)c1. The highest BCUT2D eigenvalue weighted by molar-refractivity contribution is 7.89. The summed E-state index contributed by atoms with van der Waals surface area (Å²) in [6.07, 6.45) is 0.493. The predicted molar refractivity (Wildman–Crippen MR) is 109 cm³/mol. The number of aryl methyl sites for hydroxylation is 1. The molecule has 0 aliphatic carbocycles. The van der Waals surface area contributed by atoms with Gasteiger partial charge in [-0.15, -0.1) is 5.10 Å². The molecule has 162 valence electrons. The maximum atomic E-state index is 13.1. The molecule has 2 heterocycles. The molecule has 0 saturated carbocycles. The van der Waals surface area contributed by atoms with Crippen LogP contribution in [-0.2, 0) is 25.9 Å². The molecule has 1 saturated heterocycles. The topological polar surface area (TPSA) is 128 Å². The molecule has 1 aromatic carbocycles. The second-order valence-corrected chi connectivity index (χ2v) is 8.98. The quantitative estimate of drug-likeness (QED) is 0.624. The molecule has 0 unspecified atom stereocenters. The number of anilines is 1. The minimum Gasteiger partial charge on any atom is -0.461 e. The van der Waals surface area contributed by atoms with Crippen LogP contribution >= 0.6 is 11.5 Å². The molecule has 0 atom stereocenters. The standard InChI is InChI=1S/C18H22N4O6S2/c1-3-12-5-6-13(11-14(12)30(25,26)22-7-9-27-10-8-22)16(23)19-17-15(20-21-29-17)18(24)28-4-2/h5-6,11H,3-4,7-10H2,1-2H3,(H,19,23). The van der Waals surface area contributed by atoms with Gasteiger partial charge in [0.2, 0.25) is 15.7 Å². The van der Waals surface area contributed by atoms with E-state index >= 15 is 0 Å². The summed E-state index contributed by atoms with van der Waals surface area (Å²) < 4.78 is 41.4. The summed E-state index contributed by atoms with van der Waals surface area (Å²) in [5, 5.41) is 6.39. The summed E-state index contributed by atoms with van der Waals surface area (Å²) in [5.74, 6) is -1.27. The largest absolute Gasteiger partial charge is 0.461 e. The number of ether oxygens (including phenoxy) is 2. The highest BCUT2D eigenvalue weighted by Crippen LogP contribution is 2.25. The number of nitrogens with zero attached hydrogens (tertiary/aromatic N) is 3. The molecule has 30 heavy (non-hydrogen) atoms. The smallest absolute Gasteiger partial charge is 0.362 e. The minimum atomic E-state index is -3.77. The molecule has 3 rings (SSSR count). The summed E-state index contributed by atoms with van der Waals surface area (Å²) in [6, 6.07) is 4.53. The van der Waals surface area contributed by atoms with Crippen LogP contribution in [0.2, 0.25) is 0 Å². The summed E-state index contributed by atoms with van der Waals surface area (Å²) in [5.41, 5.74) is 0.661. The number of sulfonamides is 1. The van der Waals surface area contributed by atoms with E-state index in [0.29, 0.717) is 25.2 Å². The summed E-state index contributed by atoms with van der Waals surface area (Å²) in [4.78, 5) is 24.8. The lowest BCUT2D eigenvalue weighted by Crippen LogP contribution is -2.41. The van der Waals surface area contributed by atoms with Crippen molar-refractivity contribution < 1.29 is 27.5 Å². The molecule has 10 nitrogen and oxygen atoms in total.